The Morgan fingerprint density at radius 2 is 2.31 bits per heavy atom. The van der Waals surface area contributed by atoms with Gasteiger partial charge in [0.2, 0.25) is 0 Å². The lowest BCUT2D eigenvalue weighted by atomic mass is 10.3. The van der Waals surface area contributed by atoms with E-state index in [4.69, 9.17) is 0 Å². The van der Waals surface area contributed by atoms with Crippen LogP contribution in [0.4, 0.5) is 0 Å². The summed E-state index contributed by atoms with van der Waals surface area (Å²) in [6, 6.07) is 2.05. The highest BCUT2D eigenvalue weighted by Gasteiger charge is 2.22. The van der Waals surface area contributed by atoms with Crippen LogP contribution in [-0.4, -0.2) is 14.8 Å². The van der Waals surface area contributed by atoms with Gasteiger partial charge in [-0.25, -0.2) is 4.98 Å². The highest BCUT2D eigenvalue weighted by Crippen LogP contribution is 2.30. The molecule has 0 saturated heterocycles. The Labute approximate surface area is 98.4 Å². The predicted molar refractivity (Wildman–Crippen MR) is 66.0 cm³/mol. The first-order valence-corrected chi connectivity index (χ1v) is 6.39. The molecule has 2 heterocycles. The summed E-state index contributed by atoms with van der Waals surface area (Å²) in [5.41, 5.74) is 1.17. The summed E-state index contributed by atoms with van der Waals surface area (Å²) in [5.74, 6) is 0.854. The Kier molecular flexibility index (Phi) is 2.58. The van der Waals surface area contributed by atoms with E-state index < -0.39 is 0 Å². The van der Waals surface area contributed by atoms with Gasteiger partial charge in [-0.05, 0) is 37.0 Å². The van der Waals surface area contributed by atoms with Gasteiger partial charge in [0, 0.05) is 24.3 Å². The first kappa shape index (κ1) is 9.78. The van der Waals surface area contributed by atoms with Gasteiger partial charge in [-0.2, -0.15) is 5.10 Å². The van der Waals surface area contributed by atoms with E-state index in [1.165, 1.54) is 18.5 Å². The van der Waals surface area contributed by atoms with E-state index in [-0.39, 0.29) is 0 Å². The van der Waals surface area contributed by atoms with Crippen LogP contribution in [0.5, 0.6) is 0 Å². The number of hydrogen-bond donors (Lipinski definition) is 0. The van der Waals surface area contributed by atoms with Crippen molar-refractivity contribution in [2.75, 3.05) is 0 Å². The molecule has 1 aliphatic rings. The molecule has 0 atom stereocenters. The van der Waals surface area contributed by atoms with E-state index in [0.29, 0.717) is 0 Å². The van der Waals surface area contributed by atoms with Crippen molar-refractivity contribution in [1.29, 1.82) is 0 Å². The molecule has 82 valence electrons. The second-order valence-electron chi connectivity index (χ2n) is 4.09. The number of hydrogen-bond acceptors (Lipinski definition) is 3. The summed E-state index contributed by atoms with van der Waals surface area (Å²) in [4.78, 5) is 4.22. The third-order valence-electron chi connectivity index (χ3n) is 2.73. The molecule has 2 aromatic heterocycles. The van der Waals surface area contributed by atoms with Crippen LogP contribution in [-0.2, 0) is 6.54 Å². The zero-order chi connectivity index (χ0) is 10.8. The molecular weight excluding hydrogens is 218 g/mol. The van der Waals surface area contributed by atoms with Gasteiger partial charge < -0.3 is 0 Å². The molecule has 0 bridgehead atoms. The first-order valence-electron chi connectivity index (χ1n) is 5.51. The van der Waals surface area contributed by atoms with Crippen LogP contribution >= 0.6 is 11.3 Å². The molecule has 0 radical (unpaired) electrons. The number of thiazole rings is 1. The fourth-order valence-corrected chi connectivity index (χ4v) is 2.18. The molecule has 16 heavy (non-hydrogen) atoms. The fourth-order valence-electron chi connectivity index (χ4n) is 1.66. The molecule has 1 aliphatic carbocycles. The molecule has 3 rings (SSSR count). The third kappa shape index (κ3) is 2.22. The van der Waals surface area contributed by atoms with Crippen molar-refractivity contribution in [2.45, 2.75) is 19.4 Å². The lowest BCUT2D eigenvalue weighted by molar-refractivity contribution is 0.559. The van der Waals surface area contributed by atoms with Crippen LogP contribution in [0.3, 0.4) is 0 Å². The lowest BCUT2D eigenvalue weighted by Gasteiger charge is -2.01. The number of rotatable bonds is 4. The van der Waals surface area contributed by atoms with Gasteiger partial charge in [0.1, 0.15) is 5.01 Å². The SMILES string of the molecule is C(=Cc1ccnn1CC1CC1)c1nccs1. The maximum atomic E-state index is 4.34. The Balaban J connectivity index is 1.75. The van der Waals surface area contributed by atoms with Gasteiger partial charge >= 0.3 is 0 Å². The summed E-state index contributed by atoms with van der Waals surface area (Å²) >= 11 is 1.65. The molecule has 0 aromatic carbocycles. The normalized spacial score (nSPS) is 16.0. The molecule has 4 heteroatoms. The summed E-state index contributed by atoms with van der Waals surface area (Å²) in [5, 5.41) is 7.37. The van der Waals surface area contributed by atoms with Gasteiger partial charge in [-0.15, -0.1) is 11.3 Å². The van der Waals surface area contributed by atoms with Gasteiger partial charge in [0.25, 0.3) is 0 Å². The van der Waals surface area contributed by atoms with Crippen molar-refractivity contribution in [3.8, 4) is 0 Å². The van der Waals surface area contributed by atoms with Crippen LogP contribution in [0.25, 0.3) is 12.2 Å². The number of nitrogens with zero attached hydrogens (tertiary/aromatic N) is 3. The Morgan fingerprint density at radius 1 is 1.38 bits per heavy atom. The van der Waals surface area contributed by atoms with Crippen LogP contribution < -0.4 is 0 Å². The Morgan fingerprint density at radius 3 is 3.06 bits per heavy atom. The van der Waals surface area contributed by atoms with E-state index in [9.17, 15) is 0 Å². The minimum atomic E-state index is 0.854. The minimum absolute atomic E-state index is 0.854. The quantitative estimate of drug-likeness (QED) is 0.810. The fraction of sp³-hybridized carbons (Fsp3) is 0.333. The summed E-state index contributed by atoms with van der Waals surface area (Å²) < 4.78 is 2.09. The van der Waals surface area contributed by atoms with Crippen molar-refractivity contribution in [3.63, 3.8) is 0 Å². The topological polar surface area (TPSA) is 30.7 Å². The molecular formula is C12H13N3S. The monoisotopic (exact) mass is 231 g/mol. The van der Waals surface area contributed by atoms with Crippen molar-refractivity contribution >= 4 is 23.5 Å². The van der Waals surface area contributed by atoms with E-state index in [2.05, 4.69) is 20.8 Å². The number of aromatic nitrogens is 3. The maximum absolute atomic E-state index is 4.34. The summed E-state index contributed by atoms with van der Waals surface area (Å²) in [6.45, 7) is 1.06. The third-order valence-corrected chi connectivity index (χ3v) is 3.47. The second kappa shape index (κ2) is 4.22. The first-order chi connectivity index (χ1) is 7.92. The minimum Gasteiger partial charge on any atom is -0.265 e. The van der Waals surface area contributed by atoms with E-state index >= 15 is 0 Å². The van der Waals surface area contributed by atoms with Crippen molar-refractivity contribution < 1.29 is 0 Å². The molecule has 0 aliphatic heterocycles. The Hall–Kier alpha value is -1.42. The average Bonchev–Trinajstić information content (AvgIpc) is 2.80. The molecule has 0 amide bonds. The maximum Gasteiger partial charge on any atom is 0.116 e. The zero-order valence-corrected chi connectivity index (χ0v) is 9.73. The second-order valence-corrected chi connectivity index (χ2v) is 5.01. The van der Waals surface area contributed by atoms with Gasteiger partial charge in [0.05, 0.1) is 5.69 Å². The smallest absolute Gasteiger partial charge is 0.116 e. The van der Waals surface area contributed by atoms with Gasteiger partial charge in [0.15, 0.2) is 0 Å². The molecule has 1 fully saturated rings. The van der Waals surface area contributed by atoms with Gasteiger partial charge in [-0.3, -0.25) is 4.68 Å². The van der Waals surface area contributed by atoms with Crippen LogP contribution in [0.15, 0.2) is 23.8 Å². The molecule has 0 unspecified atom stereocenters. The highest BCUT2D eigenvalue weighted by atomic mass is 32.1. The average molecular weight is 231 g/mol. The van der Waals surface area contributed by atoms with Crippen LogP contribution in [0.2, 0.25) is 0 Å². The zero-order valence-electron chi connectivity index (χ0n) is 8.91. The Bertz CT molecular complexity index is 480. The van der Waals surface area contributed by atoms with Crippen molar-refractivity contribution in [2.24, 2.45) is 5.92 Å². The van der Waals surface area contributed by atoms with E-state index in [0.717, 1.165) is 17.5 Å². The molecule has 3 nitrogen and oxygen atoms in total. The highest BCUT2D eigenvalue weighted by molar-refractivity contribution is 7.10. The largest absolute Gasteiger partial charge is 0.265 e. The molecule has 2 aromatic rings. The summed E-state index contributed by atoms with van der Waals surface area (Å²) in [7, 11) is 0. The van der Waals surface area contributed by atoms with E-state index in [1.807, 2.05) is 29.9 Å². The predicted octanol–water partition coefficient (Wildman–Crippen LogP) is 2.92. The van der Waals surface area contributed by atoms with Gasteiger partial charge in [-0.1, -0.05) is 0 Å². The van der Waals surface area contributed by atoms with Crippen molar-refractivity contribution in [3.05, 3.63) is 34.5 Å². The van der Waals surface area contributed by atoms with E-state index in [1.54, 1.807) is 11.3 Å². The van der Waals surface area contributed by atoms with Crippen molar-refractivity contribution in [1.82, 2.24) is 14.8 Å². The molecule has 0 N–H and O–H groups in total. The summed E-state index contributed by atoms with van der Waals surface area (Å²) in [6.07, 6.45) is 10.5. The molecule has 0 spiro atoms. The van der Waals surface area contributed by atoms with Crippen LogP contribution in [0, 0.1) is 5.92 Å². The standard InChI is InChI=1S/C12H13N3S/c1-2-10(1)9-15-11(5-6-14-15)3-4-12-13-7-8-16-12/h3-8,10H,1-2,9H2. The molecule has 1 saturated carbocycles. The van der Waals surface area contributed by atoms with Crippen LogP contribution in [0.1, 0.15) is 23.5 Å². The lowest BCUT2D eigenvalue weighted by Crippen LogP contribution is -2.03.